The lowest BCUT2D eigenvalue weighted by Gasteiger charge is -2.29. The van der Waals surface area contributed by atoms with Gasteiger partial charge >= 0.3 is 0 Å². The molecule has 0 aromatic heterocycles. The lowest BCUT2D eigenvalue weighted by Crippen LogP contribution is -2.35. The van der Waals surface area contributed by atoms with Crippen molar-refractivity contribution in [3.63, 3.8) is 0 Å². The molecule has 1 aliphatic heterocycles. The van der Waals surface area contributed by atoms with Gasteiger partial charge in [-0.15, -0.1) is 0 Å². The topological polar surface area (TPSA) is 20.3 Å². The standard InChI is InChI=1S/C16H14BrNO/c17-15-7-6-12-8-9-18(11-14(12)10-15)16(19)13-4-2-1-3-5-13/h1-7,10H,8-9,11H2. The third kappa shape index (κ3) is 2.56. The molecule has 2 aromatic carbocycles. The van der Waals surface area contributed by atoms with Gasteiger partial charge in [0.2, 0.25) is 0 Å². The molecule has 3 rings (SSSR count). The van der Waals surface area contributed by atoms with Gasteiger partial charge in [-0.05, 0) is 41.8 Å². The summed E-state index contributed by atoms with van der Waals surface area (Å²) in [5.41, 5.74) is 3.35. The Kier molecular flexibility index (Phi) is 3.38. The summed E-state index contributed by atoms with van der Waals surface area (Å²) in [7, 11) is 0. The first-order valence-electron chi connectivity index (χ1n) is 6.35. The van der Waals surface area contributed by atoms with Crippen LogP contribution in [0, 0.1) is 0 Å². The molecule has 0 spiro atoms. The molecule has 2 aromatic rings. The maximum atomic E-state index is 12.4. The summed E-state index contributed by atoms with van der Waals surface area (Å²) < 4.78 is 1.07. The Morgan fingerprint density at radius 2 is 1.84 bits per heavy atom. The summed E-state index contributed by atoms with van der Waals surface area (Å²) in [5.74, 6) is 0.117. The highest BCUT2D eigenvalue weighted by molar-refractivity contribution is 9.10. The molecular weight excluding hydrogens is 302 g/mol. The van der Waals surface area contributed by atoms with Crippen LogP contribution in [0.25, 0.3) is 0 Å². The van der Waals surface area contributed by atoms with Crippen molar-refractivity contribution in [2.75, 3.05) is 6.54 Å². The fourth-order valence-corrected chi connectivity index (χ4v) is 2.87. The predicted octanol–water partition coefficient (Wildman–Crippen LogP) is 3.65. The minimum Gasteiger partial charge on any atom is -0.334 e. The minimum atomic E-state index is 0.117. The van der Waals surface area contributed by atoms with E-state index in [1.807, 2.05) is 35.2 Å². The lowest BCUT2D eigenvalue weighted by atomic mass is 9.99. The molecule has 0 bridgehead atoms. The fourth-order valence-electron chi connectivity index (χ4n) is 2.46. The second-order valence-corrected chi connectivity index (χ2v) is 5.67. The van der Waals surface area contributed by atoms with Crippen LogP contribution in [-0.4, -0.2) is 17.4 Å². The van der Waals surface area contributed by atoms with Gasteiger partial charge < -0.3 is 4.90 Å². The van der Waals surface area contributed by atoms with Crippen LogP contribution in [0.1, 0.15) is 21.5 Å². The Morgan fingerprint density at radius 3 is 2.63 bits per heavy atom. The van der Waals surface area contributed by atoms with Gasteiger partial charge in [0.1, 0.15) is 0 Å². The van der Waals surface area contributed by atoms with Crippen molar-refractivity contribution in [3.05, 3.63) is 69.7 Å². The SMILES string of the molecule is O=C(c1ccccc1)N1CCc2ccc(Br)cc2C1. The first-order valence-corrected chi connectivity index (χ1v) is 7.15. The molecule has 19 heavy (non-hydrogen) atoms. The zero-order valence-electron chi connectivity index (χ0n) is 10.5. The summed E-state index contributed by atoms with van der Waals surface area (Å²) in [6.07, 6.45) is 0.932. The van der Waals surface area contributed by atoms with Crippen molar-refractivity contribution >= 4 is 21.8 Å². The molecule has 0 unspecified atom stereocenters. The van der Waals surface area contributed by atoms with E-state index in [9.17, 15) is 4.79 Å². The lowest BCUT2D eigenvalue weighted by molar-refractivity contribution is 0.0734. The van der Waals surface area contributed by atoms with Crippen molar-refractivity contribution in [1.82, 2.24) is 4.90 Å². The Hall–Kier alpha value is -1.61. The first kappa shape index (κ1) is 12.4. The summed E-state index contributed by atoms with van der Waals surface area (Å²) in [5, 5.41) is 0. The number of hydrogen-bond acceptors (Lipinski definition) is 1. The molecule has 0 N–H and O–H groups in total. The molecule has 0 aliphatic carbocycles. The van der Waals surface area contributed by atoms with E-state index < -0.39 is 0 Å². The molecule has 1 heterocycles. The number of benzene rings is 2. The van der Waals surface area contributed by atoms with Crippen LogP contribution in [0.4, 0.5) is 0 Å². The molecule has 1 amide bonds. The van der Waals surface area contributed by atoms with Gasteiger partial charge in [-0.3, -0.25) is 4.79 Å². The van der Waals surface area contributed by atoms with Crippen LogP contribution in [0.2, 0.25) is 0 Å². The van der Waals surface area contributed by atoms with Crippen molar-refractivity contribution in [3.8, 4) is 0 Å². The molecule has 2 nitrogen and oxygen atoms in total. The molecule has 96 valence electrons. The van der Waals surface area contributed by atoms with Crippen molar-refractivity contribution in [2.24, 2.45) is 0 Å². The number of carbonyl (C=O) groups excluding carboxylic acids is 1. The fraction of sp³-hybridized carbons (Fsp3) is 0.188. The largest absolute Gasteiger partial charge is 0.334 e. The molecule has 1 aliphatic rings. The summed E-state index contributed by atoms with van der Waals surface area (Å²) >= 11 is 3.49. The Bertz CT molecular complexity index is 609. The number of fused-ring (bicyclic) bond motifs is 1. The van der Waals surface area contributed by atoms with Crippen LogP contribution in [0.3, 0.4) is 0 Å². The van der Waals surface area contributed by atoms with Gasteiger partial charge in [-0.1, -0.05) is 40.2 Å². The normalized spacial score (nSPS) is 14.1. The highest BCUT2D eigenvalue weighted by atomic mass is 79.9. The van der Waals surface area contributed by atoms with E-state index in [2.05, 4.69) is 34.1 Å². The molecule has 0 saturated carbocycles. The zero-order chi connectivity index (χ0) is 13.2. The Labute approximate surface area is 121 Å². The maximum absolute atomic E-state index is 12.4. The smallest absolute Gasteiger partial charge is 0.254 e. The predicted molar refractivity (Wildman–Crippen MR) is 79.0 cm³/mol. The number of hydrogen-bond donors (Lipinski definition) is 0. The van der Waals surface area contributed by atoms with Crippen molar-refractivity contribution in [2.45, 2.75) is 13.0 Å². The van der Waals surface area contributed by atoms with E-state index in [-0.39, 0.29) is 5.91 Å². The van der Waals surface area contributed by atoms with E-state index in [0.717, 1.165) is 23.0 Å². The Balaban J connectivity index is 1.84. The van der Waals surface area contributed by atoms with E-state index >= 15 is 0 Å². The van der Waals surface area contributed by atoms with E-state index in [1.165, 1.54) is 11.1 Å². The summed E-state index contributed by atoms with van der Waals surface area (Å²) in [6, 6.07) is 15.8. The molecular formula is C16H14BrNO. The second kappa shape index (κ2) is 5.17. The van der Waals surface area contributed by atoms with Gasteiger partial charge in [-0.2, -0.15) is 0 Å². The van der Waals surface area contributed by atoms with E-state index in [0.29, 0.717) is 6.54 Å². The number of rotatable bonds is 1. The van der Waals surface area contributed by atoms with Gasteiger partial charge in [0.15, 0.2) is 0 Å². The van der Waals surface area contributed by atoms with Crippen LogP contribution in [0.5, 0.6) is 0 Å². The number of carbonyl (C=O) groups is 1. The Morgan fingerprint density at radius 1 is 1.05 bits per heavy atom. The average molecular weight is 316 g/mol. The van der Waals surface area contributed by atoms with E-state index in [4.69, 9.17) is 0 Å². The zero-order valence-corrected chi connectivity index (χ0v) is 12.1. The highest BCUT2D eigenvalue weighted by Crippen LogP contribution is 2.23. The number of halogens is 1. The minimum absolute atomic E-state index is 0.117. The molecule has 0 saturated heterocycles. The van der Waals surface area contributed by atoms with Crippen molar-refractivity contribution in [1.29, 1.82) is 0 Å². The van der Waals surface area contributed by atoms with Gasteiger partial charge in [0.25, 0.3) is 5.91 Å². The number of nitrogens with zero attached hydrogens (tertiary/aromatic N) is 1. The summed E-state index contributed by atoms with van der Waals surface area (Å²) in [6.45, 7) is 1.49. The average Bonchev–Trinajstić information content (AvgIpc) is 2.46. The number of amides is 1. The molecule has 0 fully saturated rings. The molecule has 0 radical (unpaired) electrons. The van der Waals surface area contributed by atoms with Crippen LogP contribution in [-0.2, 0) is 13.0 Å². The molecule has 3 heteroatoms. The third-order valence-electron chi connectivity index (χ3n) is 3.49. The highest BCUT2D eigenvalue weighted by Gasteiger charge is 2.21. The molecule has 0 atom stereocenters. The van der Waals surface area contributed by atoms with Crippen molar-refractivity contribution < 1.29 is 4.79 Å². The third-order valence-corrected chi connectivity index (χ3v) is 3.98. The van der Waals surface area contributed by atoms with Crippen LogP contribution < -0.4 is 0 Å². The second-order valence-electron chi connectivity index (χ2n) is 4.76. The van der Waals surface area contributed by atoms with Crippen LogP contribution in [0.15, 0.2) is 53.0 Å². The van der Waals surface area contributed by atoms with Gasteiger partial charge in [0.05, 0.1) is 0 Å². The quantitative estimate of drug-likeness (QED) is 0.786. The summed E-state index contributed by atoms with van der Waals surface area (Å²) in [4.78, 5) is 14.3. The van der Waals surface area contributed by atoms with Gasteiger partial charge in [-0.25, -0.2) is 0 Å². The van der Waals surface area contributed by atoms with Gasteiger partial charge in [0, 0.05) is 23.1 Å². The van der Waals surface area contributed by atoms with E-state index in [1.54, 1.807) is 0 Å². The first-order chi connectivity index (χ1) is 9.24. The maximum Gasteiger partial charge on any atom is 0.254 e. The monoisotopic (exact) mass is 315 g/mol. The van der Waals surface area contributed by atoms with Crippen LogP contribution >= 0.6 is 15.9 Å².